The van der Waals surface area contributed by atoms with Gasteiger partial charge in [-0.1, -0.05) is 32.0 Å². The van der Waals surface area contributed by atoms with E-state index >= 15 is 0 Å². The summed E-state index contributed by atoms with van der Waals surface area (Å²) in [4.78, 5) is 35.7. The molecule has 0 unspecified atom stereocenters. The molecule has 40 heavy (non-hydrogen) atoms. The van der Waals surface area contributed by atoms with E-state index in [9.17, 15) is 19.3 Å². The number of nitrogens with one attached hydrogen (secondary N) is 1. The third-order valence-corrected chi connectivity index (χ3v) is 8.44. The molecule has 3 atom stereocenters. The molecule has 4 rings (SSSR count). The first-order valence-electron chi connectivity index (χ1n) is 13.2. The van der Waals surface area contributed by atoms with Crippen molar-refractivity contribution in [3.05, 3.63) is 52.6 Å². The average molecular weight is 574 g/mol. The van der Waals surface area contributed by atoms with Gasteiger partial charge in [0.15, 0.2) is 11.2 Å². The Hall–Kier alpha value is -3.47. The van der Waals surface area contributed by atoms with Crippen molar-refractivity contribution in [2.75, 3.05) is 25.1 Å². The van der Waals surface area contributed by atoms with Gasteiger partial charge in [0.05, 0.1) is 31.4 Å². The number of nitrogens with zero attached hydrogens (tertiary/aromatic N) is 3. The highest BCUT2D eigenvalue weighted by Gasteiger charge is 2.51. The lowest BCUT2D eigenvalue weighted by atomic mass is 9.99. The summed E-state index contributed by atoms with van der Waals surface area (Å²) in [6.07, 6.45) is 3.51. The fourth-order valence-corrected chi connectivity index (χ4v) is 6.41. The van der Waals surface area contributed by atoms with Gasteiger partial charge in [0.25, 0.3) is 5.56 Å². The number of ether oxygens (including phenoxy) is 1. The van der Waals surface area contributed by atoms with Crippen LogP contribution in [0.5, 0.6) is 5.75 Å². The average Bonchev–Trinajstić information content (AvgIpc) is 3.43. The number of esters is 1. The van der Waals surface area contributed by atoms with Gasteiger partial charge in [-0.3, -0.25) is 23.7 Å². The molecule has 0 spiro atoms. The normalized spacial score (nSPS) is 20.1. The molecule has 2 aromatic heterocycles. The zero-order valence-corrected chi connectivity index (χ0v) is 24.0. The van der Waals surface area contributed by atoms with Crippen molar-refractivity contribution in [3.8, 4) is 5.75 Å². The first-order chi connectivity index (χ1) is 18.9. The summed E-state index contributed by atoms with van der Waals surface area (Å²) in [5.41, 5.74) is 5.57. The molecule has 1 saturated carbocycles. The van der Waals surface area contributed by atoms with Crippen LogP contribution in [0.15, 0.2) is 47.0 Å². The maximum Gasteiger partial charge on any atom is 0.380 e. The summed E-state index contributed by atoms with van der Waals surface area (Å²) in [5, 5.41) is 10.3. The third kappa shape index (κ3) is 6.99. The number of imidazole rings is 1. The molecule has 1 aromatic carbocycles. The molecule has 0 aliphatic heterocycles. The predicted octanol–water partition coefficient (Wildman–Crippen LogP) is 3.83. The minimum atomic E-state index is -3.90. The largest absolute Gasteiger partial charge is 0.463 e. The zero-order chi connectivity index (χ0) is 29.1. The summed E-state index contributed by atoms with van der Waals surface area (Å²) in [7, 11) is -3.90. The summed E-state index contributed by atoms with van der Waals surface area (Å²) in [5.74, 6) is -0.729. The molecular weight excluding hydrogens is 537 g/mol. The van der Waals surface area contributed by atoms with E-state index in [1.54, 1.807) is 54.9 Å². The number of benzene rings is 1. The number of aromatic nitrogens is 4. The van der Waals surface area contributed by atoms with E-state index < -0.39 is 30.5 Å². The number of fused-ring (bicyclic) bond motifs is 1. The first-order valence-corrected chi connectivity index (χ1v) is 14.9. The lowest BCUT2D eigenvalue weighted by Gasteiger charge is -2.26. The second-order valence-electron chi connectivity index (χ2n) is 10.8. The van der Waals surface area contributed by atoms with E-state index in [0.29, 0.717) is 18.6 Å². The quantitative estimate of drug-likeness (QED) is 0.202. The van der Waals surface area contributed by atoms with Crippen LogP contribution in [0.4, 0.5) is 5.95 Å². The highest BCUT2D eigenvalue weighted by molar-refractivity contribution is 7.54. The number of rotatable bonds is 13. The van der Waals surface area contributed by atoms with Gasteiger partial charge in [0.1, 0.15) is 12.1 Å². The maximum absolute atomic E-state index is 14.2. The zero-order valence-electron chi connectivity index (χ0n) is 23.1. The number of aliphatic hydroxyl groups excluding tert-OH is 1. The van der Waals surface area contributed by atoms with Crippen molar-refractivity contribution in [2.45, 2.75) is 46.6 Å². The van der Waals surface area contributed by atoms with Gasteiger partial charge in [-0.15, -0.1) is 0 Å². The lowest BCUT2D eigenvalue weighted by Crippen LogP contribution is -2.27. The number of nitrogens with two attached hydrogens (primary N) is 1. The molecule has 1 aliphatic rings. The highest BCUT2D eigenvalue weighted by Crippen LogP contribution is 2.58. The van der Waals surface area contributed by atoms with Crippen molar-refractivity contribution in [1.29, 1.82) is 0 Å². The molecule has 1 fully saturated rings. The van der Waals surface area contributed by atoms with Gasteiger partial charge in [-0.2, -0.15) is 4.98 Å². The van der Waals surface area contributed by atoms with Crippen LogP contribution >= 0.6 is 7.60 Å². The molecule has 0 amide bonds. The van der Waals surface area contributed by atoms with Crippen molar-refractivity contribution < 1.29 is 28.3 Å². The summed E-state index contributed by atoms with van der Waals surface area (Å²) >= 11 is 0. The van der Waals surface area contributed by atoms with E-state index in [-0.39, 0.29) is 48.5 Å². The molecule has 4 N–H and O–H groups in total. The smallest absolute Gasteiger partial charge is 0.380 e. The Bertz CT molecular complexity index is 1480. The number of hydrogen-bond donors (Lipinski definition) is 3. The van der Waals surface area contributed by atoms with Crippen LogP contribution in [0.25, 0.3) is 17.4 Å². The van der Waals surface area contributed by atoms with E-state index in [2.05, 4.69) is 15.0 Å². The van der Waals surface area contributed by atoms with Crippen LogP contribution in [-0.2, 0) is 18.6 Å². The van der Waals surface area contributed by atoms with Crippen molar-refractivity contribution >= 4 is 36.9 Å². The number of nitrogen functional groups attached to an aromatic ring is 1. The molecule has 12 nitrogen and oxygen atoms in total. The summed E-state index contributed by atoms with van der Waals surface area (Å²) in [6.45, 7) is 7.07. The van der Waals surface area contributed by atoms with Crippen LogP contribution < -0.4 is 15.8 Å². The Balaban J connectivity index is 1.58. The Kier molecular flexibility index (Phi) is 8.82. The Morgan fingerprint density at radius 1 is 1.27 bits per heavy atom. The highest BCUT2D eigenvalue weighted by atomic mass is 31.2. The third-order valence-electron chi connectivity index (χ3n) is 6.54. The number of carbonyl (C=O) groups excluding carboxylic acids is 1. The standard InChI is InChI=1S/C27H36N5O7P/c1-17(2)10-19(25(35)38-18(3)4)13-40(36,39-21-8-6-5-7-9-21)37-15-27(14-33)11-20(27)12-32-16-29-22-23(32)30-26(28)31-24(22)34/h5-9,12,16-19,33H,10-11,13-15H2,1-4H3,(H3,28,30,31,34)/b20-12-/t19-,27+,40+/m1/s1. The van der Waals surface area contributed by atoms with Gasteiger partial charge < -0.3 is 20.1 Å². The minimum Gasteiger partial charge on any atom is -0.463 e. The molecular formula is C27H36N5O7P. The van der Waals surface area contributed by atoms with Gasteiger partial charge in [0.2, 0.25) is 5.95 Å². The van der Waals surface area contributed by atoms with E-state index in [1.165, 1.54) is 6.33 Å². The fourth-order valence-electron chi connectivity index (χ4n) is 4.45. The maximum atomic E-state index is 14.2. The van der Waals surface area contributed by atoms with Gasteiger partial charge >= 0.3 is 13.6 Å². The van der Waals surface area contributed by atoms with Crippen LogP contribution in [0.2, 0.25) is 0 Å². The molecule has 2 heterocycles. The monoisotopic (exact) mass is 573 g/mol. The number of aliphatic hydroxyl groups is 1. The summed E-state index contributed by atoms with van der Waals surface area (Å²) in [6, 6.07) is 8.62. The molecule has 3 aromatic rings. The van der Waals surface area contributed by atoms with Crippen LogP contribution in [-0.4, -0.2) is 56.1 Å². The predicted molar refractivity (Wildman–Crippen MR) is 151 cm³/mol. The Morgan fingerprint density at radius 2 is 2.00 bits per heavy atom. The lowest BCUT2D eigenvalue weighted by molar-refractivity contribution is -0.152. The van der Waals surface area contributed by atoms with E-state index in [4.69, 9.17) is 19.5 Å². The molecule has 0 radical (unpaired) electrons. The Labute approximate surface area is 232 Å². The first kappa shape index (κ1) is 29.5. The number of anilines is 1. The van der Waals surface area contributed by atoms with Crippen LogP contribution in [0.3, 0.4) is 0 Å². The van der Waals surface area contributed by atoms with Gasteiger partial charge in [-0.05, 0) is 50.3 Å². The van der Waals surface area contributed by atoms with Crippen LogP contribution in [0.1, 0.15) is 40.5 Å². The number of para-hydroxylation sites is 1. The number of H-pyrrole nitrogens is 1. The molecule has 216 valence electrons. The second kappa shape index (κ2) is 12.0. The fraction of sp³-hybridized carbons (Fsp3) is 0.481. The molecule has 0 bridgehead atoms. The molecule has 0 saturated heterocycles. The Morgan fingerprint density at radius 3 is 2.65 bits per heavy atom. The minimum absolute atomic E-state index is 0.0452. The van der Waals surface area contributed by atoms with Crippen molar-refractivity contribution in [2.24, 2.45) is 17.3 Å². The number of carbonyl (C=O) groups is 1. The van der Waals surface area contributed by atoms with E-state index in [0.717, 1.165) is 5.57 Å². The SMILES string of the molecule is CC(C)C[C@H](C[P@](=O)(OC[C@@]1(CO)C/C1=C/n1cnc2c(=O)[nH]c(N)nc21)Oc1ccccc1)C(=O)OC(C)C. The van der Waals surface area contributed by atoms with E-state index in [1.807, 2.05) is 13.8 Å². The topological polar surface area (TPSA) is 172 Å². The van der Waals surface area contributed by atoms with Gasteiger partial charge in [0, 0.05) is 11.6 Å². The van der Waals surface area contributed by atoms with Crippen molar-refractivity contribution in [3.63, 3.8) is 0 Å². The van der Waals surface area contributed by atoms with Crippen molar-refractivity contribution in [1.82, 2.24) is 19.5 Å². The summed E-state index contributed by atoms with van der Waals surface area (Å²) < 4.78 is 33.1. The number of aromatic amines is 1. The molecule has 13 heteroatoms. The van der Waals surface area contributed by atoms with Gasteiger partial charge in [-0.25, -0.2) is 9.55 Å². The second-order valence-corrected chi connectivity index (χ2v) is 12.9. The number of hydrogen-bond acceptors (Lipinski definition) is 10. The molecule has 1 aliphatic carbocycles. The van der Waals surface area contributed by atoms with Crippen LogP contribution in [0, 0.1) is 17.3 Å².